The zero-order valence-corrected chi connectivity index (χ0v) is 8.89. The Morgan fingerprint density at radius 2 is 1.83 bits per heavy atom. The van der Waals surface area contributed by atoms with E-state index in [-0.39, 0.29) is 0 Å². The first kappa shape index (κ1) is 11.2. The molecule has 0 aliphatic carbocycles. The molecule has 1 aromatic heterocycles. The fourth-order valence-corrected chi connectivity index (χ4v) is 1.08. The minimum Gasteiger partial charge on any atom is -0.272 e. The third-order valence-corrected chi connectivity index (χ3v) is 1.75. The molecule has 0 saturated heterocycles. The summed E-state index contributed by atoms with van der Waals surface area (Å²) in [6.45, 7) is 8.28. The number of aryl methyl sites for hydroxylation is 3. The average Bonchev–Trinajstić information content (AvgIpc) is 2.49. The number of aromatic nitrogens is 2. The van der Waals surface area contributed by atoms with Crippen molar-refractivity contribution in [3.63, 3.8) is 0 Å². The fourth-order valence-electron chi connectivity index (χ4n) is 1.08. The number of hydrogen-bond donors (Lipinski definition) is 0. The summed E-state index contributed by atoms with van der Waals surface area (Å²) in [5, 5.41) is 4.32. The standard InChI is InChI=1S/C8H14N2.C2H6/c1-4-7-6-8(5-2)10(3)9-7;1-2/h6H,4-5H2,1-3H3;1-2H3. The van der Waals surface area contributed by atoms with Crippen LogP contribution in [0.1, 0.15) is 39.1 Å². The van der Waals surface area contributed by atoms with Gasteiger partial charge in [0.15, 0.2) is 0 Å². The van der Waals surface area contributed by atoms with Gasteiger partial charge in [-0.05, 0) is 18.9 Å². The van der Waals surface area contributed by atoms with Crippen LogP contribution >= 0.6 is 0 Å². The first-order valence-corrected chi connectivity index (χ1v) is 4.79. The average molecular weight is 168 g/mol. The minimum atomic E-state index is 1.04. The summed E-state index contributed by atoms with van der Waals surface area (Å²) in [5.74, 6) is 0. The molecular formula is C10H20N2. The van der Waals surface area contributed by atoms with Gasteiger partial charge in [-0.3, -0.25) is 4.68 Å². The predicted molar refractivity (Wildman–Crippen MR) is 53.3 cm³/mol. The molecule has 0 bridgehead atoms. The van der Waals surface area contributed by atoms with E-state index in [1.165, 1.54) is 11.4 Å². The van der Waals surface area contributed by atoms with Crippen LogP contribution in [0.4, 0.5) is 0 Å². The molecule has 0 aliphatic heterocycles. The van der Waals surface area contributed by atoms with E-state index in [0.717, 1.165) is 12.8 Å². The van der Waals surface area contributed by atoms with Crippen molar-refractivity contribution in [3.05, 3.63) is 17.5 Å². The van der Waals surface area contributed by atoms with Crippen LogP contribution < -0.4 is 0 Å². The maximum absolute atomic E-state index is 4.32. The second-order valence-electron chi connectivity index (χ2n) is 2.46. The molecule has 12 heavy (non-hydrogen) atoms. The van der Waals surface area contributed by atoms with Crippen LogP contribution in [-0.4, -0.2) is 9.78 Å². The molecule has 0 radical (unpaired) electrons. The Kier molecular flexibility index (Phi) is 5.43. The van der Waals surface area contributed by atoms with Gasteiger partial charge in [0.25, 0.3) is 0 Å². The maximum Gasteiger partial charge on any atom is 0.0624 e. The van der Waals surface area contributed by atoms with E-state index < -0.39 is 0 Å². The lowest BCUT2D eigenvalue weighted by Crippen LogP contribution is -1.95. The summed E-state index contributed by atoms with van der Waals surface area (Å²) < 4.78 is 1.96. The molecule has 2 nitrogen and oxygen atoms in total. The molecule has 0 atom stereocenters. The van der Waals surface area contributed by atoms with Gasteiger partial charge in [0, 0.05) is 12.7 Å². The molecule has 1 heterocycles. The second-order valence-corrected chi connectivity index (χ2v) is 2.46. The van der Waals surface area contributed by atoms with Crippen molar-refractivity contribution in [3.8, 4) is 0 Å². The Labute approximate surface area is 75.6 Å². The zero-order chi connectivity index (χ0) is 9.56. The van der Waals surface area contributed by atoms with Crippen molar-refractivity contribution in [2.45, 2.75) is 40.5 Å². The summed E-state index contributed by atoms with van der Waals surface area (Å²) in [5.41, 5.74) is 2.51. The lowest BCUT2D eigenvalue weighted by molar-refractivity contribution is 0.705. The summed E-state index contributed by atoms with van der Waals surface area (Å²) >= 11 is 0. The van der Waals surface area contributed by atoms with Crippen molar-refractivity contribution >= 4 is 0 Å². The Bertz CT molecular complexity index is 214. The summed E-state index contributed by atoms with van der Waals surface area (Å²) in [6, 6.07) is 2.17. The van der Waals surface area contributed by atoms with E-state index in [0.29, 0.717) is 0 Å². The monoisotopic (exact) mass is 168 g/mol. The molecule has 70 valence electrons. The molecule has 0 spiro atoms. The maximum atomic E-state index is 4.32. The van der Waals surface area contributed by atoms with Gasteiger partial charge >= 0.3 is 0 Å². The Balaban J connectivity index is 0.000000561. The Morgan fingerprint density at radius 3 is 2.08 bits per heavy atom. The van der Waals surface area contributed by atoms with Crippen molar-refractivity contribution in [2.24, 2.45) is 7.05 Å². The topological polar surface area (TPSA) is 17.8 Å². The Morgan fingerprint density at radius 1 is 1.25 bits per heavy atom. The molecule has 1 rings (SSSR count). The SMILES string of the molecule is CC.CCc1cc(CC)n(C)n1. The van der Waals surface area contributed by atoms with Gasteiger partial charge in [-0.25, -0.2) is 0 Å². The Hall–Kier alpha value is -0.790. The molecular weight excluding hydrogens is 148 g/mol. The molecule has 0 amide bonds. The van der Waals surface area contributed by atoms with Gasteiger partial charge in [-0.15, -0.1) is 0 Å². The largest absolute Gasteiger partial charge is 0.272 e. The van der Waals surface area contributed by atoms with Gasteiger partial charge < -0.3 is 0 Å². The van der Waals surface area contributed by atoms with Crippen LogP contribution in [0.2, 0.25) is 0 Å². The van der Waals surface area contributed by atoms with E-state index in [4.69, 9.17) is 0 Å². The highest BCUT2D eigenvalue weighted by molar-refractivity contribution is 5.09. The van der Waals surface area contributed by atoms with Crippen LogP contribution in [0.5, 0.6) is 0 Å². The number of nitrogens with zero attached hydrogens (tertiary/aromatic N) is 2. The van der Waals surface area contributed by atoms with Crippen molar-refractivity contribution in [2.75, 3.05) is 0 Å². The predicted octanol–water partition coefficient (Wildman–Crippen LogP) is 2.57. The molecule has 0 fully saturated rings. The van der Waals surface area contributed by atoms with E-state index in [2.05, 4.69) is 25.0 Å². The number of hydrogen-bond acceptors (Lipinski definition) is 1. The first-order chi connectivity index (χ1) is 5.77. The van der Waals surface area contributed by atoms with Gasteiger partial charge in [-0.2, -0.15) is 5.10 Å². The smallest absolute Gasteiger partial charge is 0.0624 e. The van der Waals surface area contributed by atoms with Gasteiger partial charge in [-0.1, -0.05) is 27.7 Å². The van der Waals surface area contributed by atoms with E-state index >= 15 is 0 Å². The van der Waals surface area contributed by atoms with Crippen molar-refractivity contribution < 1.29 is 0 Å². The molecule has 0 aliphatic rings. The molecule has 0 unspecified atom stereocenters. The highest BCUT2D eigenvalue weighted by Crippen LogP contribution is 2.03. The van der Waals surface area contributed by atoms with Crippen LogP contribution in [0.3, 0.4) is 0 Å². The van der Waals surface area contributed by atoms with Gasteiger partial charge in [0.2, 0.25) is 0 Å². The normalized spacial score (nSPS) is 9.08. The lowest BCUT2D eigenvalue weighted by atomic mass is 10.3. The number of rotatable bonds is 2. The first-order valence-electron chi connectivity index (χ1n) is 4.79. The van der Waals surface area contributed by atoms with E-state index in [9.17, 15) is 0 Å². The third kappa shape index (κ3) is 2.68. The summed E-state index contributed by atoms with van der Waals surface area (Å²) in [7, 11) is 2.00. The second kappa shape index (κ2) is 5.81. The van der Waals surface area contributed by atoms with E-state index in [1.807, 2.05) is 25.6 Å². The molecule has 1 aromatic rings. The lowest BCUT2D eigenvalue weighted by Gasteiger charge is -1.92. The van der Waals surface area contributed by atoms with Gasteiger partial charge in [0.1, 0.15) is 0 Å². The third-order valence-electron chi connectivity index (χ3n) is 1.75. The summed E-state index contributed by atoms with van der Waals surface area (Å²) in [4.78, 5) is 0. The minimum absolute atomic E-state index is 1.04. The quantitative estimate of drug-likeness (QED) is 0.663. The van der Waals surface area contributed by atoms with Gasteiger partial charge in [0.05, 0.1) is 5.69 Å². The molecule has 0 saturated carbocycles. The fraction of sp³-hybridized carbons (Fsp3) is 0.700. The molecule has 0 N–H and O–H groups in total. The van der Waals surface area contributed by atoms with Crippen LogP contribution in [0.15, 0.2) is 6.07 Å². The van der Waals surface area contributed by atoms with Crippen LogP contribution in [0.25, 0.3) is 0 Å². The molecule has 2 heteroatoms. The highest BCUT2D eigenvalue weighted by Gasteiger charge is 1.99. The molecule has 0 aromatic carbocycles. The van der Waals surface area contributed by atoms with Crippen molar-refractivity contribution in [1.29, 1.82) is 0 Å². The van der Waals surface area contributed by atoms with Crippen LogP contribution in [0, 0.1) is 0 Å². The van der Waals surface area contributed by atoms with Crippen LogP contribution in [-0.2, 0) is 19.9 Å². The zero-order valence-electron chi connectivity index (χ0n) is 8.89. The van der Waals surface area contributed by atoms with Crippen molar-refractivity contribution in [1.82, 2.24) is 9.78 Å². The highest BCUT2D eigenvalue weighted by atomic mass is 15.3. The summed E-state index contributed by atoms with van der Waals surface area (Å²) in [6.07, 6.45) is 2.11. The van der Waals surface area contributed by atoms with E-state index in [1.54, 1.807) is 0 Å².